The average molecular weight is 1120 g/mol. The summed E-state index contributed by atoms with van der Waals surface area (Å²) in [6.07, 6.45) is 3.13. The lowest BCUT2D eigenvalue weighted by molar-refractivity contribution is -0.385. The van der Waals surface area contributed by atoms with Crippen LogP contribution in [0, 0.1) is 10.1 Å². The van der Waals surface area contributed by atoms with Crippen molar-refractivity contribution in [2.24, 2.45) is 0 Å². The number of hydrogen-bond donors (Lipinski definition) is 4. The van der Waals surface area contributed by atoms with Crippen LogP contribution in [0.2, 0.25) is 0 Å². The van der Waals surface area contributed by atoms with Gasteiger partial charge in [0.25, 0.3) is 30.4 Å². The van der Waals surface area contributed by atoms with E-state index < -0.39 is 72.9 Å². The average Bonchev–Trinajstić information content (AvgIpc) is 3.23. The summed E-state index contributed by atoms with van der Waals surface area (Å²) in [7, 11) is -21.2. The van der Waals surface area contributed by atoms with Crippen molar-refractivity contribution in [3.8, 4) is 34.5 Å². The van der Waals surface area contributed by atoms with Crippen LogP contribution < -0.4 is 34.2 Å². The van der Waals surface area contributed by atoms with Crippen LogP contribution in [0.3, 0.4) is 0 Å². The fourth-order valence-electron chi connectivity index (χ4n) is 4.17. The highest BCUT2D eigenvalue weighted by Crippen LogP contribution is 2.31. The molecule has 0 saturated carbocycles. The molecule has 400 valence electrons. The molecule has 3 rings (SSSR count). The van der Waals surface area contributed by atoms with E-state index in [0.29, 0.717) is 48.5 Å². The molecule has 0 atom stereocenters. The number of benzene rings is 3. The van der Waals surface area contributed by atoms with Gasteiger partial charge in [-0.25, -0.2) is 0 Å². The van der Waals surface area contributed by atoms with Crippen molar-refractivity contribution in [1.82, 2.24) is 0 Å². The van der Waals surface area contributed by atoms with E-state index in [1.807, 2.05) is 20.8 Å². The maximum absolute atomic E-state index is 11.0. The minimum Gasteiger partial charge on any atom is -0.494 e. The lowest BCUT2D eigenvalue weighted by atomic mass is 10.3. The molecule has 0 aliphatic heterocycles. The van der Waals surface area contributed by atoms with E-state index in [9.17, 15) is 35.4 Å². The maximum Gasteiger partial charge on any atom is 0.425 e. The summed E-state index contributed by atoms with van der Waals surface area (Å²) < 4.78 is 197. The minimum atomic E-state index is -4.06. The molecule has 3 aromatic carbocycles. The zero-order valence-electron chi connectivity index (χ0n) is 37.6. The van der Waals surface area contributed by atoms with E-state index in [1.165, 1.54) is 12.1 Å². The van der Waals surface area contributed by atoms with Crippen molar-refractivity contribution in [1.29, 1.82) is 0 Å². The standard InChI is InChI=1S/C12H17NO7S.C12H19NO5S.C12H18O5S.3O3S/c1-2-6-19-10-4-5-12(11(9-10)13(14)15)20-7-3-8-21(16,17)18;1-2-6-17-10-4-5-12(11(13)9-10)18-7-3-8-19(14,15)16;1-2-8-16-11-4-6-12(7-5-11)17-9-3-10-18(13,14)15;3*1-4(2)3/h4-5,9H,2-3,6-8H2,1H3,(H,16,17,18);4-5,9H,2-3,6-8,13H2,1H3,(H,14,15,16);4-7H,2-3,8-10H2,1H3,(H,13,14,15);;;. The van der Waals surface area contributed by atoms with Crippen molar-refractivity contribution >= 4 is 73.6 Å². The Balaban J connectivity index is -0.000000860. The fraction of sp³-hybridized carbons (Fsp3) is 0.500. The largest absolute Gasteiger partial charge is 0.494 e. The van der Waals surface area contributed by atoms with E-state index in [1.54, 1.807) is 48.5 Å². The second kappa shape index (κ2) is 39.0. The van der Waals surface area contributed by atoms with Gasteiger partial charge in [0.15, 0.2) is 5.75 Å². The Labute approximate surface area is 409 Å². The topological polar surface area (TPSA) is 441 Å². The molecule has 0 aliphatic carbocycles. The van der Waals surface area contributed by atoms with E-state index in [0.717, 1.165) is 25.0 Å². The van der Waals surface area contributed by atoms with E-state index in [2.05, 4.69) is 0 Å². The van der Waals surface area contributed by atoms with Gasteiger partial charge in [-0.05, 0) is 87.1 Å². The molecule has 0 amide bonds. The first-order valence-corrected chi connectivity index (χ1v) is 27.5. The number of nitro benzene ring substituents is 1. The van der Waals surface area contributed by atoms with E-state index in [4.69, 9.17) is 85.7 Å². The number of hydrogen-bond acceptors (Lipinski definition) is 24. The molecule has 28 nitrogen and oxygen atoms in total. The molecular formula is C36H54N2O26S6. The van der Waals surface area contributed by atoms with Gasteiger partial charge in [0.05, 0.1) is 73.6 Å². The zero-order chi connectivity index (χ0) is 54.3. The minimum absolute atomic E-state index is 0.0270. The number of ether oxygens (including phenoxy) is 6. The monoisotopic (exact) mass is 1120 g/mol. The van der Waals surface area contributed by atoms with Crippen LogP contribution in [-0.2, 0) is 62.2 Å². The summed E-state index contributed by atoms with van der Waals surface area (Å²) in [6, 6.07) is 16.4. The van der Waals surface area contributed by atoms with Gasteiger partial charge in [-0.3, -0.25) is 23.8 Å². The quantitative estimate of drug-likeness (QED) is 0.0311. The Bertz CT molecular complexity index is 2580. The van der Waals surface area contributed by atoms with Crippen molar-refractivity contribution in [3.63, 3.8) is 0 Å². The highest BCUT2D eigenvalue weighted by Gasteiger charge is 2.17. The molecule has 0 aliphatic rings. The first-order valence-electron chi connectivity index (χ1n) is 19.7. The van der Waals surface area contributed by atoms with Crippen LogP contribution in [0.5, 0.6) is 34.5 Å². The summed E-state index contributed by atoms with van der Waals surface area (Å²) in [5, 5.41) is 11.0. The summed E-state index contributed by atoms with van der Waals surface area (Å²) in [5.74, 6) is 1.89. The first kappa shape index (κ1) is 68.5. The zero-order valence-corrected chi connectivity index (χ0v) is 42.5. The third kappa shape index (κ3) is 47.3. The van der Waals surface area contributed by atoms with Crippen LogP contribution in [0.15, 0.2) is 60.7 Å². The molecule has 0 saturated heterocycles. The second-order valence-corrected chi connectivity index (χ2v) is 18.6. The number of anilines is 1. The predicted octanol–water partition coefficient (Wildman–Crippen LogP) is 2.87. The molecule has 70 heavy (non-hydrogen) atoms. The van der Waals surface area contributed by atoms with Gasteiger partial charge >= 0.3 is 37.5 Å². The maximum atomic E-state index is 11.0. The highest BCUT2D eigenvalue weighted by atomic mass is 32.2. The van der Waals surface area contributed by atoms with Crippen molar-refractivity contribution < 1.29 is 110 Å². The Morgan fingerprint density at radius 2 is 0.743 bits per heavy atom. The molecule has 5 N–H and O–H groups in total. The van der Waals surface area contributed by atoms with Crippen LogP contribution in [0.4, 0.5) is 11.4 Å². The number of nitrogens with two attached hydrogens (primary N) is 1. The molecule has 0 heterocycles. The number of nitrogens with zero attached hydrogens (tertiary/aromatic N) is 1. The van der Waals surface area contributed by atoms with Gasteiger partial charge in [0.1, 0.15) is 28.7 Å². The summed E-state index contributed by atoms with van der Waals surface area (Å²) in [5.41, 5.74) is 5.97. The van der Waals surface area contributed by atoms with Gasteiger partial charge in [0, 0.05) is 6.07 Å². The Morgan fingerprint density at radius 3 is 1.06 bits per heavy atom. The molecule has 0 aromatic heterocycles. The van der Waals surface area contributed by atoms with Crippen molar-refractivity contribution in [2.75, 3.05) is 62.6 Å². The second-order valence-electron chi connectivity index (χ2n) is 12.7. The van der Waals surface area contributed by atoms with Crippen LogP contribution >= 0.6 is 0 Å². The van der Waals surface area contributed by atoms with E-state index >= 15 is 0 Å². The smallest absolute Gasteiger partial charge is 0.425 e. The van der Waals surface area contributed by atoms with Gasteiger partial charge in [0.2, 0.25) is 0 Å². The number of nitrogen functional groups attached to an aromatic ring is 1. The number of rotatable bonds is 25. The fourth-order valence-corrected chi connectivity index (χ4v) is 5.62. The van der Waals surface area contributed by atoms with Crippen LogP contribution in [-0.4, -0.2) is 139 Å². The molecule has 3 aromatic rings. The van der Waals surface area contributed by atoms with Crippen molar-refractivity contribution in [2.45, 2.75) is 59.3 Å². The third-order valence-electron chi connectivity index (χ3n) is 6.77. The molecular weight excluding hydrogens is 1070 g/mol. The Morgan fingerprint density at radius 1 is 0.471 bits per heavy atom. The normalized spacial score (nSPS) is 10.3. The van der Waals surface area contributed by atoms with Gasteiger partial charge in [-0.2, -0.15) is 25.3 Å². The SMILES string of the molecule is CCCOc1ccc(OCCCS(=O)(=O)O)c(N)c1.CCCOc1ccc(OCCCS(=O)(=O)O)c([N+](=O)[O-])c1.CCCOc1ccc(OCCCS(=O)(=O)O)cc1.O=S(=O)=O.O=S(=O)=O.O=S(=O)=O. The Hall–Kier alpha value is -5.75. The van der Waals surface area contributed by atoms with Gasteiger partial charge in [-0.1, -0.05) is 20.8 Å². The molecule has 34 heteroatoms. The van der Waals surface area contributed by atoms with Crippen molar-refractivity contribution in [3.05, 3.63) is 70.8 Å². The molecule has 0 spiro atoms. The molecule has 0 bridgehead atoms. The third-order valence-corrected chi connectivity index (χ3v) is 9.19. The van der Waals surface area contributed by atoms with Crippen LogP contribution in [0.1, 0.15) is 59.3 Å². The van der Waals surface area contributed by atoms with Gasteiger partial charge in [-0.15, -0.1) is 37.9 Å². The van der Waals surface area contributed by atoms with E-state index in [-0.39, 0.29) is 62.0 Å². The summed E-state index contributed by atoms with van der Waals surface area (Å²) in [4.78, 5) is 10.4. The predicted molar refractivity (Wildman–Crippen MR) is 246 cm³/mol. The summed E-state index contributed by atoms with van der Waals surface area (Å²) >= 11 is 0. The lowest BCUT2D eigenvalue weighted by Crippen LogP contribution is -2.09. The number of nitro groups is 1. The Kier molecular flexibility index (Phi) is 38.2. The molecule has 0 fully saturated rings. The van der Waals surface area contributed by atoms with Crippen LogP contribution in [0.25, 0.3) is 0 Å². The highest BCUT2D eigenvalue weighted by molar-refractivity contribution is 7.86. The first-order chi connectivity index (χ1) is 32.5. The summed E-state index contributed by atoms with van der Waals surface area (Å²) in [6.45, 7) is 8.06. The molecule has 0 radical (unpaired) electrons. The van der Waals surface area contributed by atoms with Gasteiger partial charge < -0.3 is 34.2 Å². The lowest BCUT2D eigenvalue weighted by Gasteiger charge is -2.10. The molecule has 0 unspecified atom stereocenters.